The highest BCUT2D eigenvalue weighted by molar-refractivity contribution is 7.91. The van der Waals surface area contributed by atoms with E-state index in [1.54, 1.807) is 16.7 Å². The molecule has 3 aromatic rings. The SMILES string of the molecule is CCc1ccc(S(=O)(=O)N2CCN(c3cc(-n4cccc4)ncn3)CC2)s1. The van der Waals surface area contributed by atoms with Crippen molar-refractivity contribution in [2.45, 2.75) is 17.6 Å². The third-order valence-electron chi connectivity index (χ3n) is 4.65. The molecule has 0 atom stereocenters. The van der Waals surface area contributed by atoms with E-state index in [4.69, 9.17) is 0 Å². The highest BCUT2D eigenvalue weighted by Gasteiger charge is 2.30. The van der Waals surface area contributed by atoms with Crippen LogP contribution in [0.5, 0.6) is 0 Å². The first-order valence-corrected chi connectivity index (χ1v) is 11.1. The Balaban J connectivity index is 1.47. The average molecular weight is 404 g/mol. The Morgan fingerprint density at radius 2 is 1.74 bits per heavy atom. The second-order valence-electron chi connectivity index (χ2n) is 6.29. The van der Waals surface area contributed by atoms with E-state index in [0.29, 0.717) is 30.4 Å². The van der Waals surface area contributed by atoms with Crippen LogP contribution in [0, 0.1) is 0 Å². The number of anilines is 1. The van der Waals surface area contributed by atoms with Crippen LogP contribution in [0.3, 0.4) is 0 Å². The van der Waals surface area contributed by atoms with E-state index in [1.165, 1.54) is 11.3 Å². The number of thiophene rings is 1. The first-order chi connectivity index (χ1) is 13.1. The lowest BCUT2D eigenvalue weighted by molar-refractivity contribution is 0.384. The standard InChI is InChI=1S/C18H21N5O2S2/c1-2-15-5-6-18(26-15)27(24,25)23-11-9-22(10-12-23)17-13-16(19-14-20-17)21-7-3-4-8-21/h3-8,13-14H,2,9-12H2,1H3. The van der Waals surface area contributed by atoms with Crippen LogP contribution in [-0.2, 0) is 16.4 Å². The number of piperazine rings is 1. The summed E-state index contributed by atoms with van der Waals surface area (Å²) < 4.78 is 29.6. The number of rotatable bonds is 5. The van der Waals surface area contributed by atoms with Gasteiger partial charge in [-0.15, -0.1) is 11.3 Å². The molecule has 0 spiro atoms. The molecule has 1 aliphatic heterocycles. The number of nitrogens with zero attached hydrogens (tertiary/aromatic N) is 5. The molecular weight excluding hydrogens is 382 g/mol. The smallest absolute Gasteiger partial charge is 0.252 e. The second-order valence-corrected chi connectivity index (χ2v) is 9.62. The fraction of sp³-hybridized carbons (Fsp3) is 0.333. The minimum absolute atomic E-state index is 0.435. The summed E-state index contributed by atoms with van der Waals surface area (Å²) in [6.45, 7) is 4.14. The predicted molar refractivity (Wildman–Crippen MR) is 106 cm³/mol. The molecule has 1 saturated heterocycles. The Hall–Kier alpha value is -2.23. The molecule has 1 aliphatic rings. The quantitative estimate of drug-likeness (QED) is 0.654. The molecule has 4 rings (SSSR count). The van der Waals surface area contributed by atoms with E-state index in [9.17, 15) is 8.42 Å². The van der Waals surface area contributed by atoms with Crippen LogP contribution < -0.4 is 4.90 Å². The van der Waals surface area contributed by atoms with Gasteiger partial charge in [0.15, 0.2) is 0 Å². The van der Waals surface area contributed by atoms with Gasteiger partial charge in [0.2, 0.25) is 0 Å². The maximum absolute atomic E-state index is 12.9. The minimum atomic E-state index is -3.41. The van der Waals surface area contributed by atoms with Crippen molar-refractivity contribution in [1.82, 2.24) is 18.8 Å². The van der Waals surface area contributed by atoms with Gasteiger partial charge in [0.05, 0.1) is 0 Å². The third-order valence-corrected chi connectivity index (χ3v) is 8.25. The normalized spacial score (nSPS) is 16.0. The molecule has 142 valence electrons. The fourth-order valence-electron chi connectivity index (χ4n) is 3.11. The highest BCUT2D eigenvalue weighted by Crippen LogP contribution is 2.26. The summed E-state index contributed by atoms with van der Waals surface area (Å²) in [6.07, 6.45) is 6.27. The van der Waals surface area contributed by atoms with E-state index >= 15 is 0 Å². The van der Waals surface area contributed by atoms with Gasteiger partial charge in [-0.25, -0.2) is 18.4 Å². The molecule has 7 nitrogen and oxygen atoms in total. The van der Waals surface area contributed by atoms with Gasteiger partial charge < -0.3 is 9.47 Å². The van der Waals surface area contributed by atoms with Crippen LogP contribution in [-0.4, -0.2) is 53.4 Å². The lowest BCUT2D eigenvalue weighted by Gasteiger charge is -2.34. The van der Waals surface area contributed by atoms with E-state index in [0.717, 1.165) is 22.9 Å². The van der Waals surface area contributed by atoms with Crippen LogP contribution in [0.4, 0.5) is 5.82 Å². The van der Waals surface area contributed by atoms with Gasteiger partial charge in [0.25, 0.3) is 10.0 Å². The molecule has 3 aromatic heterocycles. The third kappa shape index (κ3) is 3.62. The van der Waals surface area contributed by atoms with Crippen molar-refractivity contribution >= 4 is 27.2 Å². The Kier molecular flexibility index (Phi) is 4.98. The number of sulfonamides is 1. The van der Waals surface area contributed by atoms with Crippen molar-refractivity contribution in [3.05, 3.63) is 53.9 Å². The van der Waals surface area contributed by atoms with Crippen LogP contribution in [0.15, 0.2) is 53.3 Å². The molecular formula is C18H21N5O2S2. The van der Waals surface area contributed by atoms with Crippen molar-refractivity contribution in [3.8, 4) is 5.82 Å². The molecule has 27 heavy (non-hydrogen) atoms. The largest absolute Gasteiger partial charge is 0.354 e. The van der Waals surface area contributed by atoms with Crippen LogP contribution in [0.2, 0.25) is 0 Å². The van der Waals surface area contributed by atoms with E-state index in [2.05, 4.69) is 14.9 Å². The van der Waals surface area contributed by atoms with Gasteiger partial charge in [0.1, 0.15) is 22.2 Å². The van der Waals surface area contributed by atoms with E-state index in [1.807, 2.05) is 48.1 Å². The number of hydrogen-bond donors (Lipinski definition) is 0. The van der Waals surface area contributed by atoms with Gasteiger partial charge >= 0.3 is 0 Å². The van der Waals surface area contributed by atoms with Crippen molar-refractivity contribution < 1.29 is 8.42 Å². The molecule has 4 heterocycles. The van der Waals surface area contributed by atoms with Crippen molar-refractivity contribution in [2.24, 2.45) is 0 Å². The Labute approximate surface area is 163 Å². The second kappa shape index (κ2) is 7.41. The summed E-state index contributed by atoms with van der Waals surface area (Å²) >= 11 is 1.36. The van der Waals surface area contributed by atoms with Gasteiger partial charge in [-0.05, 0) is 30.7 Å². The number of aryl methyl sites for hydroxylation is 1. The molecule has 0 aromatic carbocycles. The summed E-state index contributed by atoms with van der Waals surface area (Å²) in [5.41, 5.74) is 0. The van der Waals surface area contributed by atoms with Gasteiger partial charge in [-0.2, -0.15) is 4.31 Å². The van der Waals surface area contributed by atoms with Gasteiger partial charge in [-0.3, -0.25) is 0 Å². The molecule has 0 radical (unpaired) electrons. The zero-order chi connectivity index (χ0) is 18.9. The van der Waals surface area contributed by atoms with Crippen LogP contribution in [0.1, 0.15) is 11.8 Å². The number of hydrogen-bond acceptors (Lipinski definition) is 6. The molecule has 0 amide bonds. The maximum Gasteiger partial charge on any atom is 0.252 e. The molecule has 9 heteroatoms. The van der Waals surface area contributed by atoms with Crippen molar-refractivity contribution in [2.75, 3.05) is 31.1 Å². The molecule has 0 aliphatic carbocycles. The topological polar surface area (TPSA) is 71.3 Å². The summed E-state index contributed by atoms with van der Waals surface area (Å²) in [6, 6.07) is 9.44. The summed E-state index contributed by atoms with van der Waals surface area (Å²) in [4.78, 5) is 11.9. The molecule has 0 saturated carbocycles. The summed E-state index contributed by atoms with van der Waals surface area (Å²) in [5.74, 6) is 1.61. The van der Waals surface area contributed by atoms with E-state index in [-0.39, 0.29) is 0 Å². The monoisotopic (exact) mass is 403 g/mol. The fourth-order valence-corrected chi connectivity index (χ4v) is 5.98. The highest BCUT2D eigenvalue weighted by atomic mass is 32.2. The molecule has 1 fully saturated rings. The lowest BCUT2D eigenvalue weighted by Crippen LogP contribution is -2.48. The maximum atomic E-state index is 12.9. The van der Waals surface area contributed by atoms with Crippen LogP contribution >= 0.6 is 11.3 Å². The van der Waals surface area contributed by atoms with Crippen LogP contribution in [0.25, 0.3) is 5.82 Å². The average Bonchev–Trinajstić information content (AvgIpc) is 3.40. The minimum Gasteiger partial charge on any atom is -0.354 e. The lowest BCUT2D eigenvalue weighted by atomic mass is 10.3. The number of aromatic nitrogens is 3. The first kappa shape index (κ1) is 18.1. The first-order valence-electron chi connectivity index (χ1n) is 8.87. The predicted octanol–water partition coefficient (Wildman–Crippen LogP) is 2.40. The van der Waals surface area contributed by atoms with Gasteiger partial charge in [-0.1, -0.05) is 6.92 Å². The summed E-state index contributed by atoms with van der Waals surface area (Å²) in [5, 5.41) is 0. The molecule has 0 N–H and O–H groups in total. The van der Waals surface area contributed by atoms with Crippen molar-refractivity contribution in [3.63, 3.8) is 0 Å². The zero-order valence-electron chi connectivity index (χ0n) is 15.0. The zero-order valence-corrected chi connectivity index (χ0v) is 16.7. The van der Waals surface area contributed by atoms with Crippen molar-refractivity contribution in [1.29, 1.82) is 0 Å². The van der Waals surface area contributed by atoms with Gasteiger partial charge in [0, 0.05) is 49.5 Å². The Morgan fingerprint density at radius 1 is 1.04 bits per heavy atom. The molecule has 0 unspecified atom stereocenters. The van der Waals surface area contributed by atoms with E-state index < -0.39 is 10.0 Å². The molecule has 0 bridgehead atoms. The summed E-state index contributed by atoms with van der Waals surface area (Å²) in [7, 11) is -3.41. The Bertz CT molecular complexity index is 1010. The Morgan fingerprint density at radius 3 is 2.41 bits per heavy atom.